The zero-order chi connectivity index (χ0) is 9.68. The summed E-state index contributed by atoms with van der Waals surface area (Å²) in [5, 5.41) is 17.4. The minimum absolute atomic E-state index is 0.530. The highest BCUT2D eigenvalue weighted by Gasteiger charge is 2.02. The molecule has 0 amide bonds. The Morgan fingerprint density at radius 1 is 1.23 bits per heavy atom. The third kappa shape index (κ3) is 2.42. The molecule has 0 spiro atoms. The van der Waals surface area contributed by atoms with E-state index in [1.807, 2.05) is 12.3 Å². The van der Waals surface area contributed by atoms with Crippen molar-refractivity contribution in [3.63, 3.8) is 0 Å². The molecule has 0 radical (unpaired) electrons. The van der Waals surface area contributed by atoms with E-state index in [4.69, 9.17) is 10.5 Å². The van der Waals surface area contributed by atoms with Gasteiger partial charge in [-0.1, -0.05) is 21.6 Å². The van der Waals surface area contributed by atoms with E-state index in [0.29, 0.717) is 11.1 Å². The molecule has 0 aliphatic heterocycles. The smallest absolute Gasteiger partial charge is 0.100 e. The molecule has 64 valence electrons. The van der Waals surface area contributed by atoms with Crippen LogP contribution in [0.4, 0.5) is 0 Å². The number of benzene rings is 1. The van der Waals surface area contributed by atoms with Gasteiger partial charge in [-0.25, -0.2) is 0 Å². The van der Waals surface area contributed by atoms with Gasteiger partial charge in [0.2, 0.25) is 0 Å². The van der Waals surface area contributed by atoms with E-state index in [9.17, 15) is 0 Å². The van der Waals surface area contributed by atoms with Crippen LogP contribution in [0.5, 0.6) is 0 Å². The Balaban J connectivity index is 3.12. The first-order valence-electron chi connectivity index (χ1n) is 3.46. The first kappa shape index (κ1) is 9.98. The summed E-state index contributed by atoms with van der Waals surface area (Å²) in [6.07, 6.45) is 1.95. The van der Waals surface area contributed by atoms with Crippen molar-refractivity contribution < 1.29 is 0 Å². The molecule has 0 bridgehead atoms. The molecule has 0 saturated heterocycles. The molecule has 0 unspecified atom stereocenters. The first-order chi connectivity index (χ1) is 6.31. The van der Waals surface area contributed by atoms with E-state index in [0.717, 1.165) is 4.90 Å². The second-order valence-corrected chi connectivity index (χ2v) is 4.62. The van der Waals surface area contributed by atoms with Crippen molar-refractivity contribution in [3.05, 3.63) is 29.3 Å². The fourth-order valence-electron chi connectivity index (χ4n) is 0.849. The number of hydrogen-bond acceptors (Lipinski definition) is 4. The zero-order valence-corrected chi connectivity index (χ0v) is 8.58. The molecule has 0 fully saturated rings. The van der Waals surface area contributed by atoms with Crippen LogP contribution in [-0.4, -0.2) is 6.26 Å². The van der Waals surface area contributed by atoms with Gasteiger partial charge in [-0.15, -0.1) is 0 Å². The van der Waals surface area contributed by atoms with Crippen LogP contribution in [0.2, 0.25) is 0 Å². The van der Waals surface area contributed by atoms with Gasteiger partial charge in [0.05, 0.1) is 17.2 Å². The molecular weight excluding hydrogens is 200 g/mol. The molecule has 0 aromatic heterocycles. The maximum Gasteiger partial charge on any atom is 0.100 e. The van der Waals surface area contributed by atoms with Crippen LogP contribution in [0.1, 0.15) is 11.1 Å². The van der Waals surface area contributed by atoms with E-state index in [2.05, 4.69) is 6.07 Å². The predicted molar refractivity (Wildman–Crippen MR) is 55.2 cm³/mol. The van der Waals surface area contributed by atoms with Crippen molar-refractivity contribution in [1.82, 2.24) is 0 Å². The summed E-state index contributed by atoms with van der Waals surface area (Å²) >= 11 is 0. The van der Waals surface area contributed by atoms with Crippen molar-refractivity contribution in [2.75, 3.05) is 6.26 Å². The second kappa shape index (κ2) is 4.81. The van der Waals surface area contributed by atoms with Gasteiger partial charge in [0.25, 0.3) is 0 Å². The molecule has 0 saturated carbocycles. The van der Waals surface area contributed by atoms with Gasteiger partial charge >= 0.3 is 0 Å². The maximum absolute atomic E-state index is 8.78. The lowest BCUT2D eigenvalue weighted by Crippen LogP contribution is -1.81. The Morgan fingerprint density at radius 2 is 2.00 bits per heavy atom. The van der Waals surface area contributed by atoms with Gasteiger partial charge in [0.15, 0.2) is 0 Å². The number of hydrogen-bond donors (Lipinski definition) is 0. The highest BCUT2D eigenvalue weighted by Crippen LogP contribution is 2.31. The van der Waals surface area contributed by atoms with Gasteiger partial charge < -0.3 is 0 Å². The molecule has 2 nitrogen and oxygen atoms in total. The molecule has 0 N–H and O–H groups in total. The summed E-state index contributed by atoms with van der Waals surface area (Å²) in [5.74, 6) is 0. The van der Waals surface area contributed by atoms with Gasteiger partial charge in [-0.3, -0.25) is 0 Å². The van der Waals surface area contributed by atoms with Crippen molar-refractivity contribution >= 4 is 21.6 Å². The highest BCUT2D eigenvalue weighted by atomic mass is 33.1. The summed E-state index contributed by atoms with van der Waals surface area (Å²) in [6.45, 7) is 0. The highest BCUT2D eigenvalue weighted by molar-refractivity contribution is 8.76. The van der Waals surface area contributed by atoms with Crippen molar-refractivity contribution in [2.45, 2.75) is 4.90 Å². The molecule has 0 aliphatic carbocycles. The molecule has 13 heavy (non-hydrogen) atoms. The summed E-state index contributed by atoms with van der Waals surface area (Å²) in [4.78, 5) is 0.911. The van der Waals surface area contributed by atoms with Crippen molar-refractivity contribution in [3.8, 4) is 12.1 Å². The molecule has 0 aliphatic rings. The van der Waals surface area contributed by atoms with Crippen LogP contribution in [0.3, 0.4) is 0 Å². The lowest BCUT2D eigenvalue weighted by Gasteiger charge is -1.99. The third-order valence-electron chi connectivity index (χ3n) is 1.40. The average Bonchev–Trinajstić information content (AvgIpc) is 2.19. The maximum atomic E-state index is 8.78. The minimum atomic E-state index is 0.530. The Hall–Kier alpha value is -1.10. The largest absolute Gasteiger partial charge is 0.192 e. The van der Waals surface area contributed by atoms with Crippen LogP contribution < -0.4 is 0 Å². The van der Waals surface area contributed by atoms with Crippen LogP contribution in [0.25, 0.3) is 0 Å². The van der Waals surface area contributed by atoms with Crippen LogP contribution >= 0.6 is 21.6 Å². The van der Waals surface area contributed by atoms with Crippen LogP contribution in [-0.2, 0) is 0 Å². The van der Waals surface area contributed by atoms with Crippen LogP contribution in [0, 0.1) is 22.7 Å². The number of nitrogens with zero attached hydrogens (tertiary/aromatic N) is 2. The summed E-state index contributed by atoms with van der Waals surface area (Å²) in [5.41, 5.74) is 1.10. The van der Waals surface area contributed by atoms with Crippen molar-refractivity contribution in [2.24, 2.45) is 0 Å². The summed E-state index contributed by atoms with van der Waals surface area (Å²) in [6, 6.07) is 9.21. The van der Waals surface area contributed by atoms with E-state index in [1.165, 1.54) is 10.8 Å². The molecular formula is C9H6N2S2. The molecule has 0 heterocycles. The Bertz CT molecular complexity index is 388. The van der Waals surface area contributed by atoms with Crippen LogP contribution in [0.15, 0.2) is 23.1 Å². The lowest BCUT2D eigenvalue weighted by molar-refractivity contribution is 1.35. The second-order valence-electron chi connectivity index (χ2n) is 2.18. The number of rotatable bonds is 2. The molecule has 1 aromatic rings. The molecule has 0 atom stereocenters. The van der Waals surface area contributed by atoms with E-state index >= 15 is 0 Å². The molecule has 1 aromatic carbocycles. The average molecular weight is 206 g/mol. The van der Waals surface area contributed by atoms with Crippen molar-refractivity contribution in [1.29, 1.82) is 10.5 Å². The van der Waals surface area contributed by atoms with E-state index in [-0.39, 0.29) is 0 Å². The topological polar surface area (TPSA) is 47.6 Å². The normalized spacial score (nSPS) is 8.85. The van der Waals surface area contributed by atoms with Gasteiger partial charge in [0.1, 0.15) is 6.07 Å². The Morgan fingerprint density at radius 3 is 2.54 bits per heavy atom. The van der Waals surface area contributed by atoms with Gasteiger partial charge in [0, 0.05) is 4.90 Å². The first-order valence-corrected chi connectivity index (χ1v) is 6.02. The van der Waals surface area contributed by atoms with Gasteiger partial charge in [-0.05, 0) is 24.5 Å². The zero-order valence-electron chi connectivity index (χ0n) is 6.94. The summed E-state index contributed by atoms with van der Waals surface area (Å²) < 4.78 is 0. The summed E-state index contributed by atoms with van der Waals surface area (Å²) in [7, 11) is 3.11. The molecule has 4 heteroatoms. The number of nitriles is 2. The molecule has 1 rings (SSSR count). The monoisotopic (exact) mass is 206 g/mol. The standard InChI is InChI=1S/C9H6N2S2/c1-12-13-9-3-2-7(5-10)4-8(9)6-11/h2-4H,1H3. The quantitative estimate of drug-likeness (QED) is 0.698. The minimum Gasteiger partial charge on any atom is -0.192 e. The van der Waals surface area contributed by atoms with E-state index < -0.39 is 0 Å². The Labute approximate surface area is 85.0 Å². The SMILES string of the molecule is CSSc1ccc(C#N)cc1C#N. The third-order valence-corrected chi connectivity index (χ3v) is 3.14. The van der Waals surface area contributed by atoms with Gasteiger partial charge in [-0.2, -0.15) is 10.5 Å². The predicted octanol–water partition coefficient (Wildman–Crippen LogP) is 2.80. The fourth-order valence-corrected chi connectivity index (χ4v) is 2.32. The fraction of sp³-hybridized carbons (Fsp3) is 0.111. The Kier molecular flexibility index (Phi) is 3.70. The lowest BCUT2D eigenvalue weighted by atomic mass is 10.1. The van der Waals surface area contributed by atoms with E-state index in [1.54, 1.807) is 29.0 Å².